The molecule has 0 saturated carbocycles. The molecule has 6 nitrogen and oxygen atoms in total. The summed E-state index contributed by atoms with van der Waals surface area (Å²) in [6.07, 6.45) is 0. The van der Waals surface area contributed by atoms with Crippen LogP contribution in [0.25, 0.3) is 0 Å². The standard InChI is InChI=1S/C11H6BrN3O3S/c1-4-14-15-11(18-4)19-8-3-7-5(2-6(8)12)9(16)10(17)13-7/h2-3H,1H3,(H,13,16,17). The van der Waals surface area contributed by atoms with Crippen molar-refractivity contribution in [2.75, 3.05) is 5.32 Å². The largest absolute Gasteiger partial charge is 0.416 e. The minimum Gasteiger partial charge on any atom is -0.416 e. The summed E-state index contributed by atoms with van der Waals surface area (Å²) in [4.78, 5) is 23.6. The minimum absolute atomic E-state index is 0.364. The molecule has 19 heavy (non-hydrogen) atoms. The molecule has 1 aromatic heterocycles. The molecule has 0 unspecified atom stereocenters. The van der Waals surface area contributed by atoms with Crippen LogP contribution in [-0.2, 0) is 4.79 Å². The zero-order valence-electron chi connectivity index (χ0n) is 9.56. The molecule has 1 aromatic carbocycles. The van der Waals surface area contributed by atoms with Crippen molar-refractivity contribution >= 4 is 45.1 Å². The summed E-state index contributed by atoms with van der Waals surface area (Å²) in [6.45, 7) is 1.70. The van der Waals surface area contributed by atoms with Crippen LogP contribution in [0.4, 0.5) is 5.69 Å². The van der Waals surface area contributed by atoms with Crippen molar-refractivity contribution in [2.24, 2.45) is 0 Å². The number of ketones is 1. The van der Waals surface area contributed by atoms with Crippen LogP contribution in [0.5, 0.6) is 0 Å². The third-order valence-corrected chi connectivity index (χ3v) is 4.29. The first-order chi connectivity index (χ1) is 9.04. The zero-order chi connectivity index (χ0) is 13.6. The SMILES string of the molecule is Cc1nnc(Sc2cc3c(cc2Br)C(=O)C(=O)N3)o1. The molecule has 0 bridgehead atoms. The number of aromatic nitrogens is 2. The number of carbonyl (C=O) groups excluding carboxylic acids is 2. The number of amides is 1. The van der Waals surface area contributed by atoms with Crippen LogP contribution >= 0.6 is 27.7 Å². The fourth-order valence-electron chi connectivity index (χ4n) is 1.64. The monoisotopic (exact) mass is 339 g/mol. The van der Waals surface area contributed by atoms with Crippen LogP contribution in [0.1, 0.15) is 16.2 Å². The Morgan fingerprint density at radius 1 is 1.32 bits per heavy atom. The van der Waals surface area contributed by atoms with Gasteiger partial charge in [-0.3, -0.25) is 9.59 Å². The summed E-state index contributed by atoms with van der Waals surface area (Å²) < 4.78 is 5.96. The fourth-order valence-corrected chi connectivity index (χ4v) is 2.99. The summed E-state index contributed by atoms with van der Waals surface area (Å²) in [7, 11) is 0. The van der Waals surface area contributed by atoms with E-state index in [1.54, 1.807) is 19.1 Å². The number of hydrogen-bond donors (Lipinski definition) is 1. The molecule has 0 saturated heterocycles. The van der Waals surface area contributed by atoms with E-state index < -0.39 is 11.7 Å². The lowest BCUT2D eigenvalue weighted by atomic mass is 10.1. The van der Waals surface area contributed by atoms with Gasteiger partial charge in [-0.2, -0.15) is 0 Å². The second-order valence-corrected chi connectivity index (χ2v) is 5.65. The fraction of sp³-hybridized carbons (Fsp3) is 0.0909. The van der Waals surface area contributed by atoms with E-state index in [-0.39, 0.29) is 0 Å². The number of hydrogen-bond acceptors (Lipinski definition) is 6. The maximum atomic E-state index is 11.5. The average molecular weight is 340 g/mol. The molecular weight excluding hydrogens is 334 g/mol. The normalized spacial score (nSPS) is 13.6. The molecule has 8 heteroatoms. The van der Waals surface area contributed by atoms with Crippen LogP contribution in [0.3, 0.4) is 0 Å². The number of fused-ring (bicyclic) bond motifs is 1. The van der Waals surface area contributed by atoms with Gasteiger partial charge in [0.15, 0.2) is 0 Å². The number of aryl methyl sites for hydroxylation is 1. The van der Waals surface area contributed by atoms with Gasteiger partial charge in [-0.05, 0) is 39.8 Å². The Morgan fingerprint density at radius 3 is 2.79 bits per heavy atom. The van der Waals surface area contributed by atoms with Crippen molar-refractivity contribution in [1.29, 1.82) is 0 Å². The Labute approximate surface area is 120 Å². The Kier molecular flexibility index (Phi) is 2.90. The number of halogens is 1. The number of anilines is 1. The van der Waals surface area contributed by atoms with Crippen LogP contribution in [-0.4, -0.2) is 21.9 Å². The Morgan fingerprint density at radius 2 is 2.11 bits per heavy atom. The van der Waals surface area contributed by atoms with Crippen molar-refractivity contribution < 1.29 is 14.0 Å². The van der Waals surface area contributed by atoms with Crippen LogP contribution in [0, 0.1) is 6.92 Å². The minimum atomic E-state index is -0.613. The highest BCUT2D eigenvalue weighted by Gasteiger charge is 2.29. The third kappa shape index (κ3) is 2.17. The van der Waals surface area contributed by atoms with Crippen LogP contribution < -0.4 is 5.32 Å². The lowest BCUT2D eigenvalue weighted by Gasteiger charge is -2.04. The van der Waals surface area contributed by atoms with E-state index in [9.17, 15) is 9.59 Å². The molecule has 0 fully saturated rings. The van der Waals surface area contributed by atoms with Crippen molar-refractivity contribution in [3.05, 3.63) is 28.1 Å². The molecular formula is C11H6BrN3O3S. The van der Waals surface area contributed by atoms with Gasteiger partial charge in [0.2, 0.25) is 5.89 Å². The van der Waals surface area contributed by atoms with Gasteiger partial charge in [-0.25, -0.2) is 0 Å². The maximum absolute atomic E-state index is 11.5. The number of rotatable bonds is 2. The molecule has 0 spiro atoms. The lowest BCUT2D eigenvalue weighted by molar-refractivity contribution is -0.112. The van der Waals surface area contributed by atoms with Gasteiger partial charge < -0.3 is 9.73 Å². The molecule has 2 aromatic rings. The number of Topliss-reactive ketones (excluding diaryl/α,β-unsaturated/α-hetero) is 1. The molecule has 1 aliphatic rings. The van der Waals surface area contributed by atoms with E-state index in [1.165, 1.54) is 11.8 Å². The van der Waals surface area contributed by atoms with E-state index in [1.807, 2.05) is 0 Å². The van der Waals surface area contributed by atoms with Crippen molar-refractivity contribution in [2.45, 2.75) is 17.0 Å². The molecule has 96 valence electrons. The van der Waals surface area contributed by atoms with E-state index in [2.05, 4.69) is 31.4 Å². The number of nitrogens with zero attached hydrogens (tertiary/aromatic N) is 2. The summed E-state index contributed by atoms with van der Waals surface area (Å²) >= 11 is 4.61. The van der Waals surface area contributed by atoms with E-state index in [4.69, 9.17) is 4.42 Å². The van der Waals surface area contributed by atoms with Gasteiger partial charge in [0, 0.05) is 16.3 Å². The number of carbonyl (C=O) groups is 2. The first kappa shape index (κ1) is 12.4. The first-order valence-corrected chi connectivity index (χ1v) is 6.83. The molecule has 2 heterocycles. The topological polar surface area (TPSA) is 85.1 Å². The van der Waals surface area contributed by atoms with Crippen molar-refractivity contribution in [3.63, 3.8) is 0 Å². The molecule has 0 aliphatic carbocycles. The summed E-state index contributed by atoms with van der Waals surface area (Å²) in [5.41, 5.74) is 0.861. The van der Waals surface area contributed by atoms with E-state index >= 15 is 0 Å². The molecule has 1 amide bonds. The summed E-state index contributed by atoms with van der Waals surface area (Å²) in [5.74, 6) is -0.665. The highest BCUT2D eigenvalue weighted by atomic mass is 79.9. The van der Waals surface area contributed by atoms with E-state index in [0.717, 1.165) is 4.90 Å². The van der Waals surface area contributed by atoms with Gasteiger partial charge in [0.05, 0.1) is 11.3 Å². The Balaban J connectivity index is 1.98. The van der Waals surface area contributed by atoms with Gasteiger partial charge in [-0.15, -0.1) is 10.2 Å². The third-order valence-electron chi connectivity index (χ3n) is 2.48. The molecule has 1 aliphatic heterocycles. The average Bonchev–Trinajstić information content (AvgIpc) is 2.87. The highest BCUT2D eigenvalue weighted by molar-refractivity contribution is 9.10. The second-order valence-electron chi connectivity index (χ2n) is 3.80. The first-order valence-electron chi connectivity index (χ1n) is 5.22. The predicted octanol–water partition coefficient (Wildman–Crippen LogP) is 2.43. The zero-order valence-corrected chi connectivity index (χ0v) is 12.0. The number of nitrogens with one attached hydrogen (secondary N) is 1. The van der Waals surface area contributed by atoms with Gasteiger partial charge in [-0.1, -0.05) is 0 Å². The maximum Gasteiger partial charge on any atom is 0.296 e. The quantitative estimate of drug-likeness (QED) is 0.845. The smallest absolute Gasteiger partial charge is 0.296 e. The van der Waals surface area contributed by atoms with Crippen molar-refractivity contribution in [3.8, 4) is 0 Å². The molecule has 0 atom stereocenters. The van der Waals surface area contributed by atoms with Gasteiger partial charge >= 0.3 is 0 Å². The van der Waals surface area contributed by atoms with Gasteiger partial charge in [0.1, 0.15) is 0 Å². The summed E-state index contributed by atoms with van der Waals surface area (Å²) in [5, 5.41) is 10.5. The molecule has 1 N–H and O–H groups in total. The van der Waals surface area contributed by atoms with E-state index in [0.29, 0.717) is 26.8 Å². The Hall–Kier alpha value is -1.67. The van der Waals surface area contributed by atoms with Crippen LogP contribution in [0.2, 0.25) is 0 Å². The van der Waals surface area contributed by atoms with Crippen molar-refractivity contribution in [1.82, 2.24) is 10.2 Å². The predicted molar refractivity (Wildman–Crippen MR) is 70.3 cm³/mol. The summed E-state index contributed by atoms with van der Waals surface area (Å²) in [6, 6.07) is 3.31. The molecule has 0 radical (unpaired) electrons. The number of benzene rings is 1. The lowest BCUT2D eigenvalue weighted by Crippen LogP contribution is -2.12. The second kappa shape index (κ2) is 4.46. The Bertz CT molecular complexity index is 713. The molecule has 3 rings (SSSR count). The van der Waals surface area contributed by atoms with Gasteiger partial charge in [0.25, 0.3) is 16.9 Å². The van der Waals surface area contributed by atoms with Crippen LogP contribution in [0.15, 0.2) is 31.1 Å². The highest BCUT2D eigenvalue weighted by Crippen LogP contribution is 2.38.